The molecular formula is C11H19N3O. The van der Waals surface area contributed by atoms with E-state index < -0.39 is 0 Å². The lowest BCUT2D eigenvalue weighted by Gasteiger charge is -2.20. The second-order valence-electron chi connectivity index (χ2n) is 4.05. The number of rotatable bonds is 6. The van der Waals surface area contributed by atoms with E-state index in [-0.39, 0.29) is 6.61 Å². The molecule has 0 bridgehead atoms. The predicted molar refractivity (Wildman–Crippen MR) is 58.4 cm³/mol. The van der Waals surface area contributed by atoms with Crippen LogP contribution in [0.2, 0.25) is 0 Å². The lowest BCUT2D eigenvalue weighted by molar-refractivity contribution is 0.179. The third kappa shape index (κ3) is 2.58. The summed E-state index contributed by atoms with van der Waals surface area (Å²) in [7, 11) is 0. The summed E-state index contributed by atoms with van der Waals surface area (Å²) in [6, 6.07) is 0.680. The molecule has 0 radical (unpaired) electrons. The van der Waals surface area contributed by atoms with Gasteiger partial charge in [-0.3, -0.25) is 4.90 Å². The molecule has 2 rings (SSSR count). The maximum Gasteiger partial charge on any atom is 0.122 e. The third-order valence-electron chi connectivity index (χ3n) is 2.94. The molecule has 0 amide bonds. The van der Waals surface area contributed by atoms with Crippen molar-refractivity contribution in [1.29, 1.82) is 0 Å². The maximum atomic E-state index is 9.00. The Labute approximate surface area is 90.5 Å². The zero-order chi connectivity index (χ0) is 10.7. The van der Waals surface area contributed by atoms with Crippen molar-refractivity contribution in [2.75, 3.05) is 13.2 Å². The van der Waals surface area contributed by atoms with Crippen molar-refractivity contribution >= 4 is 0 Å². The Hall–Kier alpha value is -0.870. The average molecular weight is 209 g/mol. The lowest BCUT2D eigenvalue weighted by atomic mass is 10.4. The molecule has 1 fully saturated rings. The standard InChI is InChI=1S/C11H19N3O/c1-2-13-6-5-12-11(13)9-14(7-8-15)10-3-4-10/h5-6,10,15H,2-4,7-9H2,1H3. The van der Waals surface area contributed by atoms with Crippen molar-refractivity contribution in [3.63, 3.8) is 0 Å². The molecule has 0 aromatic carbocycles. The van der Waals surface area contributed by atoms with Gasteiger partial charge >= 0.3 is 0 Å². The highest BCUT2D eigenvalue weighted by molar-refractivity contribution is 4.95. The Balaban J connectivity index is 1.98. The molecule has 4 heteroatoms. The zero-order valence-electron chi connectivity index (χ0n) is 9.26. The smallest absolute Gasteiger partial charge is 0.122 e. The number of aromatic nitrogens is 2. The summed E-state index contributed by atoms with van der Waals surface area (Å²) < 4.78 is 2.16. The van der Waals surface area contributed by atoms with Crippen molar-refractivity contribution in [2.24, 2.45) is 0 Å². The maximum absolute atomic E-state index is 9.00. The molecule has 1 N–H and O–H groups in total. The minimum absolute atomic E-state index is 0.239. The Morgan fingerprint density at radius 2 is 2.40 bits per heavy atom. The molecule has 0 atom stereocenters. The SMILES string of the molecule is CCn1ccnc1CN(CCO)C1CC1. The van der Waals surface area contributed by atoms with Crippen LogP contribution in [-0.4, -0.2) is 38.8 Å². The normalized spacial score (nSPS) is 16.2. The van der Waals surface area contributed by atoms with Crippen LogP contribution in [0.5, 0.6) is 0 Å². The largest absolute Gasteiger partial charge is 0.395 e. The molecule has 15 heavy (non-hydrogen) atoms. The van der Waals surface area contributed by atoms with E-state index in [0.717, 1.165) is 25.5 Å². The number of aliphatic hydroxyl groups excluding tert-OH is 1. The van der Waals surface area contributed by atoms with E-state index in [1.54, 1.807) is 0 Å². The monoisotopic (exact) mass is 209 g/mol. The van der Waals surface area contributed by atoms with Crippen LogP contribution in [0, 0.1) is 0 Å². The second kappa shape index (κ2) is 4.77. The minimum atomic E-state index is 0.239. The first-order valence-electron chi connectivity index (χ1n) is 5.70. The fourth-order valence-electron chi connectivity index (χ4n) is 1.92. The van der Waals surface area contributed by atoms with E-state index in [0.29, 0.717) is 6.04 Å². The second-order valence-corrected chi connectivity index (χ2v) is 4.05. The Morgan fingerprint density at radius 3 is 3.00 bits per heavy atom. The van der Waals surface area contributed by atoms with E-state index in [1.165, 1.54) is 12.8 Å². The van der Waals surface area contributed by atoms with Gasteiger partial charge in [0, 0.05) is 31.5 Å². The van der Waals surface area contributed by atoms with E-state index in [2.05, 4.69) is 21.4 Å². The molecule has 0 aliphatic heterocycles. The van der Waals surface area contributed by atoms with Crippen LogP contribution < -0.4 is 0 Å². The van der Waals surface area contributed by atoms with Gasteiger partial charge in [0.25, 0.3) is 0 Å². The summed E-state index contributed by atoms with van der Waals surface area (Å²) in [5, 5.41) is 9.00. The molecule has 0 unspecified atom stereocenters. The highest BCUT2D eigenvalue weighted by atomic mass is 16.3. The zero-order valence-corrected chi connectivity index (χ0v) is 9.26. The van der Waals surface area contributed by atoms with Crippen LogP contribution in [0.1, 0.15) is 25.6 Å². The highest BCUT2D eigenvalue weighted by Gasteiger charge is 2.29. The number of hydrogen-bond donors (Lipinski definition) is 1. The first-order chi connectivity index (χ1) is 7.35. The van der Waals surface area contributed by atoms with Gasteiger partial charge in [-0.2, -0.15) is 0 Å². The Bertz CT molecular complexity index is 307. The molecule has 0 spiro atoms. The summed E-state index contributed by atoms with van der Waals surface area (Å²) >= 11 is 0. The van der Waals surface area contributed by atoms with Gasteiger partial charge in [0.15, 0.2) is 0 Å². The number of imidazole rings is 1. The van der Waals surface area contributed by atoms with E-state index >= 15 is 0 Å². The molecule has 1 aromatic heterocycles. The van der Waals surface area contributed by atoms with Crippen LogP contribution in [0.3, 0.4) is 0 Å². The van der Waals surface area contributed by atoms with Crippen LogP contribution >= 0.6 is 0 Å². The molecule has 1 aliphatic rings. The van der Waals surface area contributed by atoms with E-state index in [4.69, 9.17) is 5.11 Å². The van der Waals surface area contributed by atoms with Gasteiger partial charge in [-0.05, 0) is 19.8 Å². The number of aliphatic hydroxyl groups is 1. The molecule has 84 valence electrons. The molecular weight excluding hydrogens is 190 g/mol. The molecule has 1 aliphatic carbocycles. The van der Waals surface area contributed by atoms with Crippen molar-refractivity contribution < 1.29 is 5.11 Å². The fourth-order valence-corrected chi connectivity index (χ4v) is 1.92. The average Bonchev–Trinajstić information content (AvgIpc) is 2.99. The summed E-state index contributed by atoms with van der Waals surface area (Å²) in [5.41, 5.74) is 0. The molecule has 1 heterocycles. The molecule has 0 saturated heterocycles. The summed E-state index contributed by atoms with van der Waals surface area (Å²) in [6.07, 6.45) is 6.40. The van der Waals surface area contributed by atoms with E-state index in [9.17, 15) is 0 Å². The molecule has 4 nitrogen and oxygen atoms in total. The van der Waals surface area contributed by atoms with Crippen molar-refractivity contribution in [3.05, 3.63) is 18.2 Å². The Morgan fingerprint density at radius 1 is 1.60 bits per heavy atom. The lowest BCUT2D eigenvalue weighted by Crippen LogP contribution is -2.30. The van der Waals surface area contributed by atoms with Crippen molar-refractivity contribution in [1.82, 2.24) is 14.5 Å². The first kappa shape index (κ1) is 10.6. The number of aryl methyl sites for hydroxylation is 1. The highest BCUT2D eigenvalue weighted by Crippen LogP contribution is 2.27. The molecule has 1 saturated carbocycles. The Kier molecular flexibility index (Phi) is 3.38. The van der Waals surface area contributed by atoms with Gasteiger partial charge in [-0.15, -0.1) is 0 Å². The van der Waals surface area contributed by atoms with Crippen LogP contribution in [0.4, 0.5) is 0 Å². The fraction of sp³-hybridized carbons (Fsp3) is 0.727. The summed E-state index contributed by atoms with van der Waals surface area (Å²) in [4.78, 5) is 6.69. The van der Waals surface area contributed by atoms with Gasteiger partial charge in [-0.1, -0.05) is 0 Å². The van der Waals surface area contributed by atoms with Crippen LogP contribution in [0.25, 0.3) is 0 Å². The van der Waals surface area contributed by atoms with Crippen LogP contribution in [-0.2, 0) is 13.1 Å². The van der Waals surface area contributed by atoms with Crippen molar-refractivity contribution in [3.8, 4) is 0 Å². The quantitative estimate of drug-likeness (QED) is 0.755. The van der Waals surface area contributed by atoms with Gasteiger partial charge in [0.2, 0.25) is 0 Å². The third-order valence-corrected chi connectivity index (χ3v) is 2.94. The first-order valence-corrected chi connectivity index (χ1v) is 5.70. The van der Waals surface area contributed by atoms with Crippen LogP contribution in [0.15, 0.2) is 12.4 Å². The van der Waals surface area contributed by atoms with Gasteiger partial charge in [-0.25, -0.2) is 4.98 Å². The predicted octanol–water partition coefficient (Wildman–Crippen LogP) is 0.860. The number of hydrogen-bond acceptors (Lipinski definition) is 3. The van der Waals surface area contributed by atoms with Gasteiger partial charge in [0.1, 0.15) is 5.82 Å². The summed E-state index contributed by atoms with van der Waals surface area (Å²) in [5.74, 6) is 1.11. The molecule has 1 aromatic rings. The van der Waals surface area contributed by atoms with Gasteiger partial charge in [0.05, 0.1) is 13.2 Å². The van der Waals surface area contributed by atoms with Crippen molar-refractivity contribution in [2.45, 2.75) is 38.9 Å². The topological polar surface area (TPSA) is 41.3 Å². The van der Waals surface area contributed by atoms with E-state index in [1.807, 2.05) is 12.4 Å². The van der Waals surface area contributed by atoms with Gasteiger partial charge < -0.3 is 9.67 Å². The minimum Gasteiger partial charge on any atom is -0.395 e. The summed E-state index contributed by atoms with van der Waals surface area (Å²) in [6.45, 7) is 4.96. The number of nitrogens with zero attached hydrogens (tertiary/aromatic N) is 3.